The van der Waals surface area contributed by atoms with E-state index in [0.29, 0.717) is 22.4 Å². The summed E-state index contributed by atoms with van der Waals surface area (Å²) >= 11 is 1.20. The summed E-state index contributed by atoms with van der Waals surface area (Å²) in [7, 11) is 0. The number of hydrogen-bond acceptors (Lipinski definition) is 6. The molecule has 0 spiro atoms. The topological polar surface area (TPSA) is 85.8 Å². The van der Waals surface area contributed by atoms with E-state index in [-0.39, 0.29) is 29.1 Å². The lowest BCUT2D eigenvalue weighted by atomic mass is 10.1. The van der Waals surface area contributed by atoms with Crippen LogP contribution < -0.4 is 5.32 Å². The fourth-order valence-corrected chi connectivity index (χ4v) is 4.09. The van der Waals surface area contributed by atoms with Gasteiger partial charge in [0.1, 0.15) is 6.26 Å². The summed E-state index contributed by atoms with van der Waals surface area (Å²) in [6, 6.07) is 14.3. The summed E-state index contributed by atoms with van der Waals surface area (Å²) in [4.78, 5) is 16.4. The molecule has 1 aliphatic rings. The quantitative estimate of drug-likeness (QED) is 0.366. The molecule has 0 bridgehead atoms. The molecule has 0 atom stereocenters. The molecule has 1 aliphatic carbocycles. The molecular weight excluding hydrogens is 467 g/mol. The van der Waals surface area contributed by atoms with Crippen LogP contribution in [-0.4, -0.2) is 31.7 Å². The number of halogens is 3. The van der Waals surface area contributed by atoms with Crippen LogP contribution in [0.2, 0.25) is 0 Å². The van der Waals surface area contributed by atoms with Crippen LogP contribution in [0.15, 0.2) is 70.4 Å². The largest absolute Gasteiger partial charge is 0.447 e. The Bertz CT molecular complexity index is 1320. The second kappa shape index (κ2) is 8.98. The molecule has 2 heterocycles. The van der Waals surface area contributed by atoms with Crippen LogP contribution in [0.25, 0.3) is 17.1 Å². The lowest BCUT2D eigenvalue weighted by Crippen LogP contribution is -2.25. The zero-order valence-corrected chi connectivity index (χ0v) is 18.4. The van der Waals surface area contributed by atoms with Gasteiger partial charge in [0.2, 0.25) is 5.89 Å². The first-order valence-electron chi connectivity index (χ1n) is 10.4. The highest BCUT2D eigenvalue weighted by Crippen LogP contribution is 2.34. The van der Waals surface area contributed by atoms with Crippen LogP contribution in [-0.2, 0) is 11.9 Å². The van der Waals surface area contributed by atoms with Gasteiger partial charge in [-0.1, -0.05) is 48.2 Å². The van der Waals surface area contributed by atoms with Gasteiger partial charge >= 0.3 is 6.18 Å². The van der Waals surface area contributed by atoms with Gasteiger partial charge in [-0.05, 0) is 31.0 Å². The molecule has 11 heteroatoms. The van der Waals surface area contributed by atoms with Crippen molar-refractivity contribution in [3.05, 3.63) is 78.0 Å². The van der Waals surface area contributed by atoms with Gasteiger partial charge in [0.05, 0.1) is 17.0 Å². The minimum Gasteiger partial charge on any atom is -0.447 e. The summed E-state index contributed by atoms with van der Waals surface area (Å²) in [5, 5.41) is 11.6. The summed E-state index contributed by atoms with van der Waals surface area (Å²) in [5.41, 5.74) is 0.395. The van der Waals surface area contributed by atoms with Gasteiger partial charge in [-0.3, -0.25) is 9.36 Å². The Balaban J connectivity index is 1.44. The van der Waals surface area contributed by atoms with Crippen molar-refractivity contribution in [2.45, 2.75) is 36.0 Å². The highest BCUT2D eigenvalue weighted by atomic mass is 32.2. The predicted molar refractivity (Wildman–Crippen MR) is 118 cm³/mol. The van der Waals surface area contributed by atoms with Gasteiger partial charge in [0, 0.05) is 11.6 Å². The minimum atomic E-state index is -4.49. The SMILES string of the molecule is O=C(NC1CC1)c1coc(CSc2nnc(-c3ccccc3)n2-c2cccc(C(F)(F)F)c2)n1. The van der Waals surface area contributed by atoms with Crippen LogP contribution in [0.1, 0.15) is 34.8 Å². The molecular formula is C23H18F3N5O2S. The van der Waals surface area contributed by atoms with Crippen LogP contribution in [0.3, 0.4) is 0 Å². The monoisotopic (exact) mass is 485 g/mol. The normalized spacial score (nSPS) is 13.7. The molecule has 1 saturated carbocycles. The number of hydrogen-bond donors (Lipinski definition) is 1. The molecule has 1 fully saturated rings. The Kier molecular flexibility index (Phi) is 5.86. The number of alkyl halides is 3. The molecule has 0 unspecified atom stereocenters. The maximum atomic E-state index is 13.4. The standard InChI is InChI=1S/C23H18F3N5O2S/c24-23(25,26)15-7-4-8-17(11-15)31-20(14-5-2-1-3-6-14)29-30-22(31)34-13-19-28-18(12-33-19)21(32)27-16-9-10-16/h1-8,11-12,16H,9-10,13H2,(H,27,32). The molecule has 174 valence electrons. The Morgan fingerprint density at radius 2 is 1.91 bits per heavy atom. The van der Waals surface area contributed by atoms with Crippen molar-refractivity contribution in [3.63, 3.8) is 0 Å². The molecule has 4 aromatic rings. The summed E-state index contributed by atoms with van der Waals surface area (Å²) in [6.45, 7) is 0. The van der Waals surface area contributed by atoms with E-state index in [1.165, 1.54) is 24.1 Å². The summed E-state index contributed by atoms with van der Waals surface area (Å²) in [6.07, 6.45) is -1.28. The van der Waals surface area contributed by atoms with Crippen LogP contribution >= 0.6 is 11.8 Å². The zero-order valence-electron chi connectivity index (χ0n) is 17.6. The number of carbonyl (C=O) groups is 1. The molecule has 1 amide bonds. The molecule has 5 rings (SSSR count). The van der Waals surface area contributed by atoms with E-state index in [1.54, 1.807) is 22.8 Å². The molecule has 0 aliphatic heterocycles. The van der Waals surface area contributed by atoms with E-state index in [1.807, 2.05) is 18.2 Å². The Morgan fingerprint density at radius 1 is 1.12 bits per heavy atom. The third-order valence-corrected chi connectivity index (χ3v) is 6.03. The number of benzene rings is 2. The number of amides is 1. The third kappa shape index (κ3) is 4.84. The first-order valence-corrected chi connectivity index (χ1v) is 11.4. The summed E-state index contributed by atoms with van der Waals surface area (Å²) in [5.74, 6) is 0.619. The van der Waals surface area contributed by atoms with Gasteiger partial charge in [0.15, 0.2) is 16.7 Å². The Labute approximate surface area is 196 Å². The number of nitrogens with one attached hydrogen (secondary N) is 1. The van der Waals surface area contributed by atoms with Gasteiger partial charge in [-0.25, -0.2) is 4.98 Å². The van der Waals surface area contributed by atoms with Crippen molar-refractivity contribution in [2.24, 2.45) is 0 Å². The third-order valence-electron chi connectivity index (χ3n) is 5.12. The molecule has 1 N–H and O–H groups in total. The first-order chi connectivity index (χ1) is 16.4. The molecule has 34 heavy (non-hydrogen) atoms. The van der Waals surface area contributed by atoms with Gasteiger partial charge < -0.3 is 9.73 Å². The molecule has 2 aromatic heterocycles. The lowest BCUT2D eigenvalue weighted by Gasteiger charge is -2.13. The maximum Gasteiger partial charge on any atom is 0.416 e. The van der Waals surface area contributed by atoms with Gasteiger partial charge in [-0.15, -0.1) is 10.2 Å². The lowest BCUT2D eigenvalue weighted by molar-refractivity contribution is -0.137. The van der Waals surface area contributed by atoms with Gasteiger partial charge in [0.25, 0.3) is 5.91 Å². The minimum absolute atomic E-state index is 0.187. The first kappa shape index (κ1) is 22.2. The molecule has 0 radical (unpaired) electrons. The van der Waals surface area contributed by atoms with Crippen molar-refractivity contribution in [3.8, 4) is 17.1 Å². The second-order valence-corrected chi connectivity index (χ2v) is 8.66. The highest BCUT2D eigenvalue weighted by Gasteiger charge is 2.31. The Hall–Kier alpha value is -3.60. The molecule has 2 aromatic carbocycles. The molecule has 7 nitrogen and oxygen atoms in total. The van der Waals surface area contributed by atoms with Crippen LogP contribution in [0.4, 0.5) is 13.2 Å². The van der Waals surface area contributed by atoms with Crippen molar-refractivity contribution in [1.82, 2.24) is 25.1 Å². The average molecular weight is 485 g/mol. The molecule has 0 saturated heterocycles. The number of thioether (sulfide) groups is 1. The van der Waals surface area contributed by atoms with Gasteiger partial charge in [-0.2, -0.15) is 13.2 Å². The van der Waals surface area contributed by atoms with Crippen molar-refractivity contribution in [1.29, 1.82) is 0 Å². The van der Waals surface area contributed by atoms with E-state index in [9.17, 15) is 18.0 Å². The average Bonchev–Trinajstić information content (AvgIpc) is 3.34. The second-order valence-electron chi connectivity index (χ2n) is 7.72. The fourth-order valence-electron chi connectivity index (χ4n) is 3.29. The fraction of sp³-hybridized carbons (Fsp3) is 0.217. The van der Waals surface area contributed by atoms with E-state index in [4.69, 9.17) is 4.42 Å². The number of nitrogens with zero attached hydrogens (tertiary/aromatic N) is 4. The smallest absolute Gasteiger partial charge is 0.416 e. The zero-order chi connectivity index (χ0) is 23.7. The van der Waals surface area contributed by atoms with Crippen LogP contribution in [0, 0.1) is 0 Å². The van der Waals surface area contributed by atoms with Crippen molar-refractivity contribution in [2.75, 3.05) is 0 Å². The van der Waals surface area contributed by atoms with E-state index < -0.39 is 11.7 Å². The highest BCUT2D eigenvalue weighted by molar-refractivity contribution is 7.98. The van der Waals surface area contributed by atoms with E-state index in [0.717, 1.165) is 25.0 Å². The number of rotatable bonds is 7. The van der Waals surface area contributed by atoms with E-state index >= 15 is 0 Å². The number of aromatic nitrogens is 4. The van der Waals surface area contributed by atoms with E-state index in [2.05, 4.69) is 20.5 Å². The number of oxazole rings is 1. The maximum absolute atomic E-state index is 13.4. The van der Waals surface area contributed by atoms with Crippen molar-refractivity contribution < 1.29 is 22.4 Å². The predicted octanol–water partition coefficient (Wildman–Crippen LogP) is 5.13. The summed E-state index contributed by atoms with van der Waals surface area (Å²) < 4.78 is 47.0. The number of carbonyl (C=O) groups excluding carboxylic acids is 1. The Morgan fingerprint density at radius 3 is 2.65 bits per heavy atom. The van der Waals surface area contributed by atoms with Crippen molar-refractivity contribution >= 4 is 17.7 Å². The van der Waals surface area contributed by atoms with Crippen LogP contribution in [0.5, 0.6) is 0 Å².